The van der Waals surface area contributed by atoms with Gasteiger partial charge in [-0.15, -0.1) is 6.58 Å². The predicted octanol–water partition coefficient (Wildman–Crippen LogP) is 3.27. The molecule has 0 fully saturated rings. The topological polar surface area (TPSA) is 66.9 Å². The van der Waals surface area contributed by atoms with Gasteiger partial charge in [-0.05, 0) is 18.3 Å². The van der Waals surface area contributed by atoms with Crippen molar-refractivity contribution in [2.75, 3.05) is 6.54 Å². The van der Waals surface area contributed by atoms with E-state index < -0.39 is 0 Å². The zero-order valence-electron chi connectivity index (χ0n) is 14.9. The van der Waals surface area contributed by atoms with Gasteiger partial charge < -0.3 is 10.6 Å². The van der Waals surface area contributed by atoms with Gasteiger partial charge in [-0.1, -0.05) is 40.7 Å². The van der Waals surface area contributed by atoms with Crippen molar-refractivity contribution in [3.8, 4) is 0 Å². The van der Waals surface area contributed by atoms with Crippen molar-refractivity contribution in [3.63, 3.8) is 0 Å². The summed E-state index contributed by atoms with van der Waals surface area (Å²) >= 11 is 0. The Morgan fingerprint density at radius 2 is 2.17 bits per heavy atom. The van der Waals surface area contributed by atoms with E-state index in [-0.39, 0.29) is 22.9 Å². The molecule has 0 saturated carbocycles. The van der Waals surface area contributed by atoms with E-state index in [1.54, 1.807) is 6.08 Å². The summed E-state index contributed by atoms with van der Waals surface area (Å²) in [5.41, 5.74) is 2.09. The van der Waals surface area contributed by atoms with Crippen LogP contribution in [-0.4, -0.2) is 22.5 Å². The number of nitrogens with one attached hydrogen (secondary N) is 2. The van der Waals surface area contributed by atoms with Gasteiger partial charge in [-0.25, -0.2) is 14.8 Å². The highest BCUT2D eigenvalue weighted by Gasteiger charge is 2.35. The number of hydrogen-bond acceptors (Lipinski definition) is 3. The summed E-state index contributed by atoms with van der Waals surface area (Å²) in [4.78, 5) is 21.3. The maximum absolute atomic E-state index is 12.0. The van der Waals surface area contributed by atoms with E-state index in [4.69, 9.17) is 4.98 Å². The standard InChI is InChI=1S/C18H28N4O/c1-7-8-19-16(23)22-14-10-18(5,6)9-13-12(14)11-20-15(21-13)17(2,3)4/h7,11,14H,1,8-10H2,2-6H3,(H2,19,22,23). The third-order valence-electron chi connectivity index (χ3n) is 4.06. The Morgan fingerprint density at radius 3 is 2.78 bits per heavy atom. The molecule has 23 heavy (non-hydrogen) atoms. The van der Waals surface area contributed by atoms with E-state index in [9.17, 15) is 4.79 Å². The van der Waals surface area contributed by atoms with Crippen LogP contribution in [0.2, 0.25) is 0 Å². The van der Waals surface area contributed by atoms with Crippen LogP contribution in [0.15, 0.2) is 18.9 Å². The molecular weight excluding hydrogens is 288 g/mol. The van der Waals surface area contributed by atoms with Crippen molar-refractivity contribution in [1.82, 2.24) is 20.6 Å². The van der Waals surface area contributed by atoms with Gasteiger partial charge in [0.2, 0.25) is 0 Å². The molecule has 0 radical (unpaired) electrons. The van der Waals surface area contributed by atoms with Crippen molar-refractivity contribution >= 4 is 6.03 Å². The van der Waals surface area contributed by atoms with Gasteiger partial charge >= 0.3 is 6.03 Å². The Morgan fingerprint density at radius 1 is 1.48 bits per heavy atom. The molecular formula is C18H28N4O. The highest BCUT2D eigenvalue weighted by molar-refractivity contribution is 5.74. The highest BCUT2D eigenvalue weighted by atomic mass is 16.2. The van der Waals surface area contributed by atoms with Gasteiger partial charge in [-0.2, -0.15) is 0 Å². The molecule has 1 unspecified atom stereocenters. The zero-order valence-corrected chi connectivity index (χ0v) is 14.9. The average Bonchev–Trinajstić information content (AvgIpc) is 2.42. The molecule has 1 aliphatic carbocycles. The summed E-state index contributed by atoms with van der Waals surface area (Å²) in [6.07, 6.45) is 5.33. The minimum absolute atomic E-state index is 0.0624. The third kappa shape index (κ3) is 4.30. The Balaban J connectivity index is 2.29. The van der Waals surface area contributed by atoms with Gasteiger partial charge in [0.25, 0.3) is 0 Å². The summed E-state index contributed by atoms with van der Waals surface area (Å²) in [5.74, 6) is 0.851. The summed E-state index contributed by atoms with van der Waals surface area (Å²) in [6.45, 7) is 14.8. The second-order valence-electron chi connectivity index (χ2n) is 8.09. The van der Waals surface area contributed by atoms with Crippen LogP contribution in [0.25, 0.3) is 0 Å². The molecule has 0 spiro atoms. The molecule has 1 atom stereocenters. The van der Waals surface area contributed by atoms with E-state index >= 15 is 0 Å². The lowest BCUT2D eigenvalue weighted by atomic mass is 9.74. The first kappa shape index (κ1) is 17.4. The molecule has 0 aromatic carbocycles. The lowest BCUT2D eigenvalue weighted by Gasteiger charge is -2.37. The number of aromatic nitrogens is 2. The predicted molar refractivity (Wildman–Crippen MR) is 92.3 cm³/mol. The number of urea groups is 1. The summed E-state index contributed by atoms with van der Waals surface area (Å²) in [7, 11) is 0. The molecule has 126 valence electrons. The molecule has 2 amide bonds. The highest BCUT2D eigenvalue weighted by Crippen LogP contribution is 2.40. The quantitative estimate of drug-likeness (QED) is 0.841. The minimum atomic E-state index is -0.182. The summed E-state index contributed by atoms with van der Waals surface area (Å²) in [5, 5.41) is 5.81. The smallest absolute Gasteiger partial charge is 0.315 e. The first-order valence-corrected chi connectivity index (χ1v) is 8.14. The van der Waals surface area contributed by atoms with E-state index in [0.29, 0.717) is 6.54 Å². The van der Waals surface area contributed by atoms with Crippen molar-refractivity contribution in [2.45, 2.75) is 58.9 Å². The molecule has 0 saturated heterocycles. The van der Waals surface area contributed by atoms with Crippen molar-refractivity contribution < 1.29 is 4.79 Å². The van der Waals surface area contributed by atoms with Gasteiger partial charge in [0.1, 0.15) is 5.82 Å². The van der Waals surface area contributed by atoms with E-state index in [1.807, 2.05) is 6.20 Å². The molecule has 1 aromatic heterocycles. The van der Waals surface area contributed by atoms with Crippen LogP contribution in [0.5, 0.6) is 0 Å². The molecule has 2 N–H and O–H groups in total. The second kappa shape index (κ2) is 6.30. The Labute approximate surface area is 139 Å². The fourth-order valence-corrected chi connectivity index (χ4v) is 2.91. The molecule has 1 heterocycles. The normalized spacial score (nSPS) is 19.6. The number of amides is 2. The molecule has 2 rings (SSSR count). The van der Waals surface area contributed by atoms with Gasteiger partial charge in [0.15, 0.2) is 0 Å². The Bertz CT molecular complexity index is 602. The van der Waals surface area contributed by atoms with E-state index in [2.05, 4.69) is 56.8 Å². The SMILES string of the molecule is C=CCNC(=O)NC1CC(C)(C)Cc2nc(C(C)(C)C)ncc21. The van der Waals surface area contributed by atoms with Crippen molar-refractivity contribution in [3.05, 3.63) is 35.9 Å². The third-order valence-corrected chi connectivity index (χ3v) is 4.06. The van der Waals surface area contributed by atoms with Gasteiger partial charge in [-0.3, -0.25) is 0 Å². The Hall–Kier alpha value is -1.91. The van der Waals surface area contributed by atoms with Crippen molar-refractivity contribution in [2.24, 2.45) is 5.41 Å². The number of carbonyl (C=O) groups is 1. The van der Waals surface area contributed by atoms with E-state index in [0.717, 1.165) is 29.9 Å². The lowest BCUT2D eigenvalue weighted by molar-refractivity contribution is 0.221. The van der Waals surface area contributed by atoms with Gasteiger partial charge in [0, 0.05) is 29.4 Å². The molecule has 0 bridgehead atoms. The number of rotatable bonds is 3. The number of carbonyl (C=O) groups excluding carboxylic acids is 1. The maximum atomic E-state index is 12.0. The molecule has 5 nitrogen and oxygen atoms in total. The maximum Gasteiger partial charge on any atom is 0.315 e. The average molecular weight is 316 g/mol. The fourth-order valence-electron chi connectivity index (χ4n) is 2.91. The van der Waals surface area contributed by atoms with Crippen molar-refractivity contribution in [1.29, 1.82) is 0 Å². The second-order valence-corrected chi connectivity index (χ2v) is 8.09. The van der Waals surface area contributed by atoms with Gasteiger partial charge in [0.05, 0.1) is 6.04 Å². The molecule has 0 aliphatic heterocycles. The molecule has 1 aliphatic rings. The monoisotopic (exact) mass is 316 g/mol. The fraction of sp³-hybridized carbons (Fsp3) is 0.611. The summed E-state index contributed by atoms with van der Waals surface area (Å²) < 4.78 is 0. The van der Waals surface area contributed by atoms with Crippen LogP contribution in [0, 0.1) is 5.41 Å². The van der Waals surface area contributed by atoms with Crippen LogP contribution in [-0.2, 0) is 11.8 Å². The Kier molecular flexibility index (Phi) is 4.78. The van der Waals surface area contributed by atoms with E-state index in [1.165, 1.54) is 0 Å². The lowest BCUT2D eigenvalue weighted by Crippen LogP contribution is -2.42. The van der Waals surface area contributed by atoms with Crippen LogP contribution in [0.4, 0.5) is 4.79 Å². The van der Waals surface area contributed by atoms with Crippen LogP contribution in [0.3, 0.4) is 0 Å². The number of nitrogens with zero attached hydrogens (tertiary/aromatic N) is 2. The summed E-state index contributed by atoms with van der Waals surface area (Å²) in [6, 6.07) is -0.244. The number of fused-ring (bicyclic) bond motifs is 1. The first-order chi connectivity index (χ1) is 10.6. The number of hydrogen-bond donors (Lipinski definition) is 2. The van der Waals surface area contributed by atoms with Crippen LogP contribution in [0.1, 0.15) is 64.2 Å². The van der Waals surface area contributed by atoms with Crippen LogP contribution < -0.4 is 10.6 Å². The largest absolute Gasteiger partial charge is 0.335 e. The molecule has 5 heteroatoms. The zero-order chi connectivity index (χ0) is 17.3. The molecule has 1 aromatic rings. The minimum Gasteiger partial charge on any atom is -0.335 e. The van der Waals surface area contributed by atoms with Crippen LogP contribution >= 0.6 is 0 Å². The first-order valence-electron chi connectivity index (χ1n) is 8.14.